The second-order valence-electron chi connectivity index (χ2n) is 15.7. The van der Waals surface area contributed by atoms with E-state index >= 15 is 0 Å². The van der Waals surface area contributed by atoms with Crippen molar-refractivity contribution in [1.82, 2.24) is 4.98 Å². The Bertz CT molecular complexity index is 1810. The first-order chi connectivity index (χ1) is 26.7. The summed E-state index contributed by atoms with van der Waals surface area (Å²) in [5.41, 5.74) is 4.31. The lowest BCUT2D eigenvalue weighted by Gasteiger charge is -2.58. The molecule has 6 atom stereocenters. The molecule has 0 amide bonds. The third-order valence-electron chi connectivity index (χ3n) is 10.7. The third kappa shape index (κ3) is 9.71. The van der Waals surface area contributed by atoms with Gasteiger partial charge < -0.3 is 29.3 Å². The van der Waals surface area contributed by atoms with E-state index in [1.165, 1.54) is 5.56 Å². The zero-order chi connectivity index (χ0) is 38.8. The summed E-state index contributed by atoms with van der Waals surface area (Å²) < 4.78 is 20.8. The predicted octanol–water partition coefficient (Wildman–Crippen LogP) is 9.09. The lowest BCUT2D eigenvalue weighted by Crippen LogP contribution is -2.64. The summed E-state index contributed by atoms with van der Waals surface area (Å²) in [5, 5.41) is 24.5. The minimum Gasteiger partial charge on any atom is -0.460 e. The standard InChI is InChI=1S/C45H56N2O7S/c1-5-24-51-45-41(55-25-19-31-17-20-46-21-18-31)29-39(47-54-44(2,3)4)37-27-33(12-6-8-22-48)36(14-7-9-23-49)42(43(37)45)38-28-35(15-16-40(38)53-45)52-34-13-10-11-32(26-34)30-50/h5,10-11,13,15-18,20-21,26-28,30,33,36,41-43,48-49H,1,6-9,12,14,19,22-25,29H2,2-4H3. The maximum absolute atomic E-state index is 11.6. The number of thioether (sulfide) groups is 1. The molecule has 2 aromatic carbocycles. The van der Waals surface area contributed by atoms with Crippen molar-refractivity contribution in [2.75, 3.05) is 25.6 Å². The van der Waals surface area contributed by atoms with Crippen molar-refractivity contribution in [3.8, 4) is 17.2 Å². The Kier molecular flexibility index (Phi) is 13.9. The number of rotatable bonds is 19. The summed E-state index contributed by atoms with van der Waals surface area (Å²) in [7, 11) is 0. The topological polar surface area (TPSA) is 120 Å². The molecule has 0 bridgehead atoms. The third-order valence-corrected chi connectivity index (χ3v) is 12.1. The zero-order valence-electron chi connectivity index (χ0n) is 32.4. The molecule has 0 saturated heterocycles. The van der Waals surface area contributed by atoms with Gasteiger partial charge in [-0.2, -0.15) is 11.8 Å². The van der Waals surface area contributed by atoms with Gasteiger partial charge in [0.1, 0.15) is 29.1 Å². The van der Waals surface area contributed by atoms with Crippen molar-refractivity contribution in [3.05, 3.63) is 108 Å². The Balaban J connectivity index is 1.52. The fourth-order valence-electron chi connectivity index (χ4n) is 8.39. The molecule has 6 rings (SSSR count). The molecule has 1 aliphatic heterocycles. The van der Waals surface area contributed by atoms with Crippen LogP contribution in [0.4, 0.5) is 0 Å². The number of aryl methyl sites for hydroxylation is 1. The van der Waals surface area contributed by atoms with Crippen LogP contribution in [0.5, 0.6) is 17.2 Å². The van der Waals surface area contributed by atoms with Crippen molar-refractivity contribution in [2.24, 2.45) is 22.9 Å². The van der Waals surface area contributed by atoms with E-state index < -0.39 is 11.4 Å². The first kappa shape index (κ1) is 40.7. The van der Waals surface area contributed by atoms with Gasteiger partial charge in [-0.1, -0.05) is 42.3 Å². The lowest BCUT2D eigenvalue weighted by molar-refractivity contribution is -0.223. The first-order valence-corrected chi connectivity index (χ1v) is 20.7. The number of hydrogen-bond acceptors (Lipinski definition) is 10. The second-order valence-corrected chi connectivity index (χ2v) is 17.0. The fourth-order valence-corrected chi connectivity index (χ4v) is 9.80. The Labute approximate surface area is 330 Å². The highest BCUT2D eigenvalue weighted by Gasteiger charge is 2.64. The van der Waals surface area contributed by atoms with Gasteiger partial charge in [-0.3, -0.25) is 9.78 Å². The van der Waals surface area contributed by atoms with Gasteiger partial charge in [-0.15, -0.1) is 6.58 Å². The Morgan fingerprint density at radius 2 is 1.78 bits per heavy atom. The van der Waals surface area contributed by atoms with Gasteiger partial charge in [0.05, 0.1) is 23.5 Å². The van der Waals surface area contributed by atoms with E-state index in [0.29, 0.717) is 36.5 Å². The molecule has 55 heavy (non-hydrogen) atoms. The number of unbranched alkanes of at least 4 members (excludes halogenated alkanes) is 2. The van der Waals surface area contributed by atoms with Gasteiger partial charge in [0.25, 0.3) is 0 Å². The summed E-state index contributed by atoms with van der Waals surface area (Å²) in [6.07, 6.45) is 15.1. The number of aldehydes is 1. The lowest BCUT2D eigenvalue weighted by atomic mass is 9.56. The van der Waals surface area contributed by atoms with Crippen molar-refractivity contribution in [2.45, 2.75) is 94.7 Å². The minimum atomic E-state index is -1.05. The number of carbonyl (C=O) groups excluding carboxylic acids is 1. The summed E-state index contributed by atoms with van der Waals surface area (Å²) >= 11 is 1.84. The van der Waals surface area contributed by atoms with Crippen LogP contribution >= 0.6 is 11.8 Å². The number of benzene rings is 2. The molecule has 3 aromatic rings. The summed E-state index contributed by atoms with van der Waals surface area (Å²) in [5.74, 6) is 1.83. The molecule has 2 aliphatic carbocycles. The van der Waals surface area contributed by atoms with E-state index in [4.69, 9.17) is 24.2 Å². The number of carbonyl (C=O) groups is 1. The van der Waals surface area contributed by atoms with Crippen LogP contribution in [0.15, 0.2) is 96.5 Å². The molecule has 2 heterocycles. The molecule has 1 fully saturated rings. The number of oxime groups is 1. The largest absolute Gasteiger partial charge is 0.460 e. The fraction of sp³-hybridized carbons (Fsp3) is 0.489. The molecular formula is C45H56N2O7S. The molecular weight excluding hydrogens is 713 g/mol. The van der Waals surface area contributed by atoms with Crippen molar-refractivity contribution in [3.63, 3.8) is 0 Å². The molecule has 6 unspecified atom stereocenters. The first-order valence-electron chi connectivity index (χ1n) is 19.7. The number of aromatic nitrogens is 1. The number of nitrogens with zero attached hydrogens (tertiary/aromatic N) is 2. The van der Waals surface area contributed by atoms with Crippen molar-refractivity contribution in [1.29, 1.82) is 0 Å². The van der Waals surface area contributed by atoms with E-state index in [9.17, 15) is 15.0 Å². The summed E-state index contributed by atoms with van der Waals surface area (Å²) in [6.45, 7) is 10.7. The number of hydrogen-bond donors (Lipinski definition) is 2. The number of allylic oxidation sites excluding steroid dienone is 1. The van der Waals surface area contributed by atoms with Gasteiger partial charge in [-0.05, 0) is 124 Å². The molecule has 0 spiro atoms. The zero-order valence-corrected chi connectivity index (χ0v) is 33.2. The number of ether oxygens (including phenoxy) is 3. The quantitative estimate of drug-likeness (QED) is 0.0533. The van der Waals surface area contributed by atoms with E-state index in [0.717, 1.165) is 73.2 Å². The van der Waals surface area contributed by atoms with Gasteiger partial charge >= 0.3 is 0 Å². The van der Waals surface area contributed by atoms with E-state index in [1.807, 2.05) is 69.2 Å². The van der Waals surface area contributed by atoms with E-state index in [2.05, 4.69) is 35.8 Å². The molecule has 1 saturated carbocycles. The smallest absolute Gasteiger partial charge is 0.230 e. The Hall–Kier alpha value is -3.96. The van der Waals surface area contributed by atoms with Gasteiger partial charge in [-0.25, -0.2) is 0 Å². The van der Waals surface area contributed by atoms with E-state index in [1.54, 1.807) is 18.2 Å². The predicted molar refractivity (Wildman–Crippen MR) is 218 cm³/mol. The van der Waals surface area contributed by atoms with Gasteiger partial charge in [0, 0.05) is 49.1 Å². The Morgan fingerprint density at radius 3 is 2.51 bits per heavy atom. The number of fused-ring (bicyclic) bond motifs is 2. The maximum Gasteiger partial charge on any atom is 0.230 e. The van der Waals surface area contributed by atoms with Crippen molar-refractivity contribution >= 4 is 23.8 Å². The van der Waals surface area contributed by atoms with Crippen LogP contribution < -0.4 is 9.47 Å². The molecule has 10 heteroatoms. The highest BCUT2D eigenvalue weighted by Crippen LogP contribution is 2.62. The molecule has 1 aromatic heterocycles. The summed E-state index contributed by atoms with van der Waals surface area (Å²) in [4.78, 5) is 22.0. The van der Waals surface area contributed by atoms with Crippen LogP contribution in [-0.2, 0) is 16.0 Å². The molecule has 9 nitrogen and oxygen atoms in total. The van der Waals surface area contributed by atoms with Crippen LogP contribution in [0, 0.1) is 17.8 Å². The average Bonchev–Trinajstić information content (AvgIpc) is 3.18. The Morgan fingerprint density at radius 1 is 1.02 bits per heavy atom. The molecule has 0 radical (unpaired) electrons. The normalized spacial score (nSPS) is 24.9. The van der Waals surface area contributed by atoms with Crippen LogP contribution in [0.3, 0.4) is 0 Å². The molecule has 3 aliphatic rings. The number of pyridine rings is 1. The average molecular weight is 769 g/mol. The molecule has 294 valence electrons. The summed E-state index contributed by atoms with van der Waals surface area (Å²) in [6, 6.07) is 17.3. The van der Waals surface area contributed by atoms with Gasteiger partial charge in [0.15, 0.2) is 0 Å². The highest BCUT2D eigenvalue weighted by molar-refractivity contribution is 8.00. The van der Waals surface area contributed by atoms with Crippen LogP contribution in [0.2, 0.25) is 0 Å². The van der Waals surface area contributed by atoms with Crippen LogP contribution in [0.1, 0.15) is 93.1 Å². The van der Waals surface area contributed by atoms with Gasteiger partial charge in [0.2, 0.25) is 5.79 Å². The van der Waals surface area contributed by atoms with Crippen molar-refractivity contribution < 1.29 is 34.1 Å². The monoisotopic (exact) mass is 768 g/mol. The second kappa shape index (κ2) is 18.8. The van der Waals surface area contributed by atoms with Crippen LogP contribution in [0.25, 0.3) is 0 Å². The highest BCUT2D eigenvalue weighted by atomic mass is 32.2. The van der Waals surface area contributed by atoms with E-state index in [-0.39, 0.29) is 42.1 Å². The number of aliphatic hydroxyl groups is 2. The SMILES string of the molecule is C=CCOC12Oc3ccc(Oc4cccc(C=O)c4)cc3C3C(CCCCO)C(CCCCO)C=C(C(=NOC(C)(C)C)CC1SCCc1ccncc1)C32. The molecule has 2 N–H and O–H groups in total. The minimum absolute atomic E-state index is 0.0559. The maximum atomic E-state index is 11.6. The number of aliphatic hydroxyl groups excluding tert-OH is 2. The van der Waals surface area contributed by atoms with Crippen LogP contribution in [-0.4, -0.2) is 69.4 Å².